The number of carbonyl (C=O) groups is 1. The van der Waals surface area contributed by atoms with Crippen molar-refractivity contribution in [1.29, 1.82) is 0 Å². The summed E-state index contributed by atoms with van der Waals surface area (Å²) in [6, 6.07) is 20.4. The molecule has 0 unspecified atom stereocenters. The third-order valence-electron chi connectivity index (χ3n) is 3.54. The zero-order valence-electron chi connectivity index (χ0n) is 13.7. The van der Waals surface area contributed by atoms with E-state index in [2.05, 4.69) is 10.6 Å². The van der Waals surface area contributed by atoms with Gasteiger partial charge in [-0.1, -0.05) is 41.9 Å². The molecule has 0 saturated carbocycles. The highest BCUT2D eigenvalue weighted by atomic mass is 35.5. The summed E-state index contributed by atoms with van der Waals surface area (Å²) in [5.41, 5.74) is 2.08. The van der Waals surface area contributed by atoms with Crippen LogP contribution in [0, 0.1) is 5.82 Å². The van der Waals surface area contributed by atoms with Crippen molar-refractivity contribution in [1.82, 2.24) is 0 Å². The first-order valence-electron chi connectivity index (χ1n) is 7.90. The molecule has 0 aromatic heterocycles. The third kappa shape index (κ3) is 4.97. The first-order valence-corrected chi connectivity index (χ1v) is 8.28. The van der Waals surface area contributed by atoms with Crippen molar-refractivity contribution < 1.29 is 13.9 Å². The lowest BCUT2D eigenvalue weighted by Gasteiger charge is -2.10. The van der Waals surface area contributed by atoms with Crippen molar-refractivity contribution in [3.8, 4) is 5.75 Å². The van der Waals surface area contributed by atoms with E-state index in [0.29, 0.717) is 23.7 Å². The maximum Gasteiger partial charge on any atom is 0.323 e. The highest BCUT2D eigenvalue weighted by Crippen LogP contribution is 2.20. The second kappa shape index (κ2) is 8.36. The average Bonchev–Trinajstić information content (AvgIpc) is 2.65. The van der Waals surface area contributed by atoms with Crippen LogP contribution in [0.4, 0.5) is 20.6 Å². The molecule has 0 spiro atoms. The van der Waals surface area contributed by atoms with Crippen molar-refractivity contribution in [2.75, 3.05) is 10.6 Å². The third-order valence-corrected chi connectivity index (χ3v) is 3.83. The Kier molecular flexibility index (Phi) is 5.71. The van der Waals surface area contributed by atoms with Crippen LogP contribution in [-0.2, 0) is 6.61 Å². The lowest BCUT2D eigenvalue weighted by molar-refractivity contribution is 0.262. The van der Waals surface area contributed by atoms with Crippen molar-refractivity contribution in [2.24, 2.45) is 0 Å². The molecule has 0 radical (unpaired) electrons. The summed E-state index contributed by atoms with van der Waals surface area (Å²) in [5, 5.41) is 5.22. The molecular weight excluding hydrogens is 355 g/mol. The van der Waals surface area contributed by atoms with Crippen LogP contribution < -0.4 is 15.4 Å². The minimum absolute atomic E-state index is 0.0530. The first kappa shape index (κ1) is 17.8. The fraction of sp³-hybridized carbons (Fsp3) is 0.0500. The van der Waals surface area contributed by atoms with Gasteiger partial charge in [-0.2, -0.15) is 0 Å². The summed E-state index contributed by atoms with van der Waals surface area (Å²) in [6.45, 7) is 0.472. The van der Waals surface area contributed by atoms with Gasteiger partial charge >= 0.3 is 6.03 Å². The van der Waals surface area contributed by atoms with Gasteiger partial charge in [0.2, 0.25) is 0 Å². The quantitative estimate of drug-likeness (QED) is 0.605. The Morgan fingerprint density at radius 3 is 2.27 bits per heavy atom. The highest BCUT2D eigenvalue weighted by molar-refractivity contribution is 6.31. The van der Waals surface area contributed by atoms with Gasteiger partial charge in [-0.3, -0.25) is 0 Å². The molecule has 0 bridgehead atoms. The van der Waals surface area contributed by atoms with Crippen LogP contribution in [0.3, 0.4) is 0 Å². The van der Waals surface area contributed by atoms with Gasteiger partial charge in [0.25, 0.3) is 0 Å². The number of halogens is 2. The number of hydrogen-bond donors (Lipinski definition) is 2. The molecule has 132 valence electrons. The van der Waals surface area contributed by atoms with E-state index < -0.39 is 11.8 Å². The lowest BCUT2D eigenvalue weighted by Crippen LogP contribution is -2.19. The van der Waals surface area contributed by atoms with Crippen LogP contribution >= 0.6 is 11.6 Å². The van der Waals surface area contributed by atoms with Gasteiger partial charge < -0.3 is 15.4 Å². The van der Waals surface area contributed by atoms with E-state index in [9.17, 15) is 9.18 Å². The molecular formula is C20H16ClFN2O2. The Morgan fingerprint density at radius 2 is 1.58 bits per heavy atom. The minimum Gasteiger partial charge on any atom is -0.489 e. The van der Waals surface area contributed by atoms with Crippen LogP contribution in [0.15, 0.2) is 72.8 Å². The summed E-state index contributed by atoms with van der Waals surface area (Å²) in [6.07, 6.45) is 0. The van der Waals surface area contributed by atoms with E-state index in [1.54, 1.807) is 24.3 Å². The van der Waals surface area contributed by atoms with Crippen LogP contribution in [0.2, 0.25) is 5.02 Å². The second-order valence-electron chi connectivity index (χ2n) is 5.51. The van der Waals surface area contributed by atoms with E-state index in [0.717, 1.165) is 5.56 Å². The van der Waals surface area contributed by atoms with Gasteiger partial charge in [-0.15, -0.1) is 0 Å². The number of carbonyl (C=O) groups excluding carboxylic acids is 1. The largest absolute Gasteiger partial charge is 0.489 e. The molecule has 26 heavy (non-hydrogen) atoms. The van der Waals surface area contributed by atoms with Gasteiger partial charge in [-0.25, -0.2) is 9.18 Å². The molecule has 0 aliphatic rings. The maximum absolute atomic E-state index is 13.1. The average molecular weight is 371 g/mol. The Morgan fingerprint density at radius 1 is 0.923 bits per heavy atom. The molecule has 0 saturated heterocycles. The fourth-order valence-electron chi connectivity index (χ4n) is 2.24. The van der Waals surface area contributed by atoms with Crippen molar-refractivity contribution >= 4 is 29.0 Å². The highest BCUT2D eigenvalue weighted by Gasteiger charge is 2.06. The number of hydrogen-bond acceptors (Lipinski definition) is 2. The molecule has 0 fully saturated rings. The van der Waals surface area contributed by atoms with Crippen molar-refractivity contribution in [3.63, 3.8) is 0 Å². The Balaban J connectivity index is 1.53. The molecule has 0 heterocycles. The summed E-state index contributed by atoms with van der Waals surface area (Å²) >= 11 is 5.69. The molecule has 2 N–H and O–H groups in total. The normalized spacial score (nSPS) is 10.2. The number of urea groups is 1. The zero-order valence-corrected chi connectivity index (χ0v) is 14.5. The Hall–Kier alpha value is -3.05. The lowest BCUT2D eigenvalue weighted by atomic mass is 10.2. The Bertz CT molecular complexity index is 886. The summed E-state index contributed by atoms with van der Waals surface area (Å²) in [7, 11) is 0. The molecule has 0 atom stereocenters. The van der Waals surface area contributed by atoms with Gasteiger partial charge in [-0.05, 0) is 48.0 Å². The smallest absolute Gasteiger partial charge is 0.323 e. The number of benzene rings is 3. The minimum atomic E-state index is -0.538. The summed E-state index contributed by atoms with van der Waals surface area (Å²) in [5.74, 6) is 0.161. The second-order valence-corrected chi connectivity index (χ2v) is 5.91. The molecule has 6 heteroatoms. The van der Waals surface area contributed by atoms with Gasteiger partial charge in [0.1, 0.15) is 18.2 Å². The van der Waals surface area contributed by atoms with E-state index in [4.69, 9.17) is 16.3 Å². The maximum atomic E-state index is 13.1. The topological polar surface area (TPSA) is 50.4 Å². The molecule has 0 aliphatic carbocycles. The van der Waals surface area contributed by atoms with Crippen LogP contribution in [0.25, 0.3) is 0 Å². The van der Waals surface area contributed by atoms with Crippen LogP contribution in [0.5, 0.6) is 5.75 Å². The monoisotopic (exact) mass is 370 g/mol. The van der Waals surface area contributed by atoms with Gasteiger partial charge in [0.05, 0.1) is 5.02 Å². The molecule has 3 aromatic rings. The fourth-order valence-corrected chi connectivity index (χ4v) is 2.42. The number of ether oxygens (including phenoxy) is 1. The van der Waals surface area contributed by atoms with E-state index in [1.165, 1.54) is 18.2 Å². The molecule has 4 nitrogen and oxygen atoms in total. The van der Waals surface area contributed by atoms with Crippen molar-refractivity contribution in [3.05, 3.63) is 89.2 Å². The van der Waals surface area contributed by atoms with Gasteiger partial charge in [0.15, 0.2) is 0 Å². The standard InChI is InChI=1S/C20H16ClFN2O2/c21-18-12-16(8-11-19(18)22)24-20(25)23-15-6-9-17(10-7-15)26-13-14-4-2-1-3-5-14/h1-12H,13H2,(H2,23,24,25). The predicted octanol–water partition coefficient (Wildman–Crippen LogP) is 5.70. The number of rotatable bonds is 5. The van der Waals surface area contributed by atoms with Crippen LogP contribution in [-0.4, -0.2) is 6.03 Å². The van der Waals surface area contributed by atoms with Gasteiger partial charge in [0, 0.05) is 11.4 Å². The molecule has 0 aliphatic heterocycles. The number of nitrogens with one attached hydrogen (secondary N) is 2. The first-order chi connectivity index (χ1) is 12.6. The van der Waals surface area contributed by atoms with Crippen LogP contribution in [0.1, 0.15) is 5.56 Å². The van der Waals surface area contributed by atoms with Crippen molar-refractivity contribution in [2.45, 2.75) is 6.61 Å². The Labute approximate surface area is 155 Å². The molecule has 3 aromatic carbocycles. The van der Waals surface area contributed by atoms with E-state index in [1.807, 2.05) is 30.3 Å². The van der Waals surface area contributed by atoms with E-state index in [-0.39, 0.29) is 5.02 Å². The number of anilines is 2. The van der Waals surface area contributed by atoms with E-state index >= 15 is 0 Å². The summed E-state index contributed by atoms with van der Waals surface area (Å²) in [4.78, 5) is 12.0. The molecule has 3 rings (SSSR count). The zero-order chi connectivity index (χ0) is 18.4. The molecule has 2 amide bonds. The predicted molar refractivity (Wildman–Crippen MR) is 101 cm³/mol. The summed E-state index contributed by atoms with van der Waals surface area (Å²) < 4.78 is 18.8. The SMILES string of the molecule is O=C(Nc1ccc(OCc2ccccc2)cc1)Nc1ccc(F)c(Cl)c1. The number of amides is 2.